The molecule has 2 rings (SSSR count). The number of ether oxygens (including phenoxy) is 1. The fraction of sp³-hybridized carbons (Fsp3) is 0.357. The van der Waals surface area contributed by atoms with Crippen LogP contribution in [0.5, 0.6) is 0 Å². The fourth-order valence-electron chi connectivity index (χ4n) is 1.70. The average molecular weight is 298 g/mol. The molecule has 1 heterocycles. The minimum absolute atomic E-state index is 0.267. The van der Waals surface area contributed by atoms with Crippen LogP contribution in [0.2, 0.25) is 0 Å². The van der Waals surface area contributed by atoms with Gasteiger partial charge in [-0.1, -0.05) is 24.3 Å². The Morgan fingerprint density at radius 2 is 2.00 bits per heavy atom. The van der Waals surface area contributed by atoms with E-state index in [4.69, 9.17) is 10.5 Å². The van der Waals surface area contributed by atoms with Gasteiger partial charge in [0, 0.05) is 23.9 Å². The van der Waals surface area contributed by atoms with Crippen LogP contribution in [-0.4, -0.2) is 24.6 Å². The lowest BCUT2D eigenvalue weighted by molar-refractivity contribution is 0.0187. The van der Waals surface area contributed by atoms with Crippen LogP contribution in [0.1, 0.15) is 10.6 Å². The van der Waals surface area contributed by atoms with Gasteiger partial charge in [-0.05, 0) is 5.56 Å². The van der Waals surface area contributed by atoms with Gasteiger partial charge in [0.2, 0.25) is 0 Å². The highest BCUT2D eigenvalue weighted by atomic mass is 32.1. The molecule has 20 heavy (non-hydrogen) atoms. The molecule has 2 aromatic rings. The lowest BCUT2D eigenvalue weighted by Gasteiger charge is -2.01. The van der Waals surface area contributed by atoms with E-state index in [0.29, 0.717) is 13.0 Å². The van der Waals surface area contributed by atoms with Crippen molar-refractivity contribution in [1.29, 1.82) is 0 Å². The minimum atomic E-state index is -2.41. The van der Waals surface area contributed by atoms with E-state index in [2.05, 4.69) is 4.98 Å². The second kappa shape index (κ2) is 7.42. The summed E-state index contributed by atoms with van der Waals surface area (Å²) < 4.78 is 28.6. The number of rotatable bonds is 7. The number of halogens is 2. The van der Waals surface area contributed by atoms with Crippen LogP contribution >= 0.6 is 11.3 Å². The molecule has 0 aliphatic carbocycles. The maximum absolute atomic E-state index is 11.9. The molecule has 0 bridgehead atoms. The van der Waals surface area contributed by atoms with Gasteiger partial charge >= 0.3 is 0 Å². The van der Waals surface area contributed by atoms with Gasteiger partial charge in [-0.15, -0.1) is 11.3 Å². The molecule has 0 saturated carbocycles. The largest absolute Gasteiger partial charge is 0.375 e. The van der Waals surface area contributed by atoms with Gasteiger partial charge in [-0.3, -0.25) is 0 Å². The summed E-state index contributed by atoms with van der Waals surface area (Å²) in [6.07, 6.45) is -1.86. The number of benzene rings is 1. The number of hydrogen-bond donors (Lipinski definition) is 1. The first kappa shape index (κ1) is 15.0. The SMILES string of the molecule is NCc1ccc(-c2csc(CCOCC(F)F)n2)cc1. The highest BCUT2D eigenvalue weighted by molar-refractivity contribution is 7.09. The van der Waals surface area contributed by atoms with Crippen molar-refractivity contribution in [2.24, 2.45) is 5.73 Å². The first-order valence-electron chi connectivity index (χ1n) is 6.28. The normalized spacial score (nSPS) is 11.2. The quantitative estimate of drug-likeness (QED) is 0.799. The topological polar surface area (TPSA) is 48.1 Å². The van der Waals surface area contributed by atoms with Gasteiger partial charge < -0.3 is 10.5 Å². The molecule has 108 valence electrons. The number of nitrogens with zero attached hydrogens (tertiary/aromatic N) is 1. The number of nitrogens with two attached hydrogens (primary N) is 1. The Morgan fingerprint density at radius 3 is 2.65 bits per heavy atom. The molecule has 0 spiro atoms. The van der Waals surface area contributed by atoms with Crippen LogP contribution in [0.4, 0.5) is 8.78 Å². The Labute approximate surface area is 120 Å². The summed E-state index contributed by atoms with van der Waals surface area (Å²) in [6, 6.07) is 7.91. The van der Waals surface area contributed by atoms with Gasteiger partial charge in [-0.2, -0.15) is 0 Å². The third-order valence-corrected chi connectivity index (χ3v) is 3.65. The maximum atomic E-state index is 11.9. The van der Waals surface area contributed by atoms with Gasteiger partial charge in [0.15, 0.2) is 0 Å². The van der Waals surface area contributed by atoms with E-state index in [9.17, 15) is 8.78 Å². The molecule has 3 nitrogen and oxygen atoms in total. The van der Waals surface area contributed by atoms with Gasteiger partial charge in [0.1, 0.15) is 6.61 Å². The average Bonchev–Trinajstić information content (AvgIpc) is 2.92. The molecule has 1 aromatic carbocycles. The Morgan fingerprint density at radius 1 is 1.25 bits per heavy atom. The molecule has 0 fully saturated rings. The Bertz CT molecular complexity index is 528. The van der Waals surface area contributed by atoms with Crippen LogP contribution < -0.4 is 5.73 Å². The zero-order valence-electron chi connectivity index (χ0n) is 10.9. The smallest absolute Gasteiger partial charge is 0.261 e. The summed E-state index contributed by atoms with van der Waals surface area (Å²) in [5, 5.41) is 2.84. The van der Waals surface area contributed by atoms with Crippen LogP contribution in [-0.2, 0) is 17.7 Å². The number of aromatic nitrogens is 1. The standard InChI is InChI=1S/C14H16F2N2OS/c15-13(16)8-19-6-5-14-18-12(9-20-14)11-3-1-10(7-17)2-4-11/h1-4,9,13H,5-8,17H2. The molecule has 1 aromatic heterocycles. The molecule has 0 atom stereocenters. The number of alkyl halides is 2. The number of hydrogen-bond acceptors (Lipinski definition) is 4. The van der Waals surface area contributed by atoms with E-state index >= 15 is 0 Å². The van der Waals surface area contributed by atoms with E-state index in [-0.39, 0.29) is 6.61 Å². The Kier molecular flexibility index (Phi) is 5.58. The van der Waals surface area contributed by atoms with Gasteiger partial charge in [-0.25, -0.2) is 13.8 Å². The van der Waals surface area contributed by atoms with E-state index < -0.39 is 13.0 Å². The van der Waals surface area contributed by atoms with Crippen LogP contribution in [0.3, 0.4) is 0 Å². The van der Waals surface area contributed by atoms with Crippen molar-refractivity contribution in [1.82, 2.24) is 4.98 Å². The summed E-state index contributed by atoms with van der Waals surface area (Å²) in [5.74, 6) is 0. The molecule has 2 N–H and O–H groups in total. The Hall–Kier alpha value is -1.37. The van der Waals surface area contributed by atoms with E-state index in [1.54, 1.807) is 0 Å². The van der Waals surface area contributed by atoms with Crippen molar-refractivity contribution in [3.05, 3.63) is 40.2 Å². The summed E-state index contributed by atoms with van der Waals surface area (Å²) >= 11 is 1.51. The first-order chi connectivity index (χ1) is 9.69. The summed E-state index contributed by atoms with van der Waals surface area (Å²) in [5.41, 5.74) is 8.54. The van der Waals surface area contributed by atoms with E-state index in [1.807, 2.05) is 29.6 Å². The van der Waals surface area contributed by atoms with Gasteiger partial charge in [0.05, 0.1) is 17.3 Å². The lowest BCUT2D eigenvalue weighted by Crippen LogP contribution is -2.06. The lowest BCUT2D eigenvalue weighted by atomic mass is 10.1. The highest BCUT2D eigenvalue weighted by Crippen LogP contribution is 2.22. The molecule has 0 saturated heterocycles. The Balaban J connectivity index is 1.90. The molecule has 0 amide bonds. The van der Waals surface area contributed by atoms with Crippen molar-refractivity contribution in [2.45, 2.75) is 19.4 Å². The second-order valence-electron chi connectivity index (χ2n) is 4.24. The van der Waals surface area contributed by atoms with Gasteiger partial charge in [0.25, 0.3) is 6.43 Å². The van der Waals surface area contributed by atoms with Crippen molar-refractivity contribution in [3.63, 3.8) is 0 Å². The third kappa shape index (κ3) is 4.33. The molecule has 0 radical (unpaired) electrons. The van der Waals surface area contributed by atoms with Crippen LogP contribution in [0.15, 0.2) is 29.6 Å². The van der Waals surface area contributed by atoms with Crippen molar-refractivity contribution < 1.29 is 13.5 Å². The maximum Gasteiger partial charge on any atom is 0.261 e. The molecule has 0 aliphatic rings. The van der Waals surface area contributed by atoms with Crippen molar-refractivity contribution in [3.8, 4) is 11.3 Å². The highest BCUT2D eigenvalue weighted by Gasteiger charge is 2.06. The predicted octanol–water partition coefficient (Wildman–Crippen LogP) is 3.09. The van der Waals surface area contributed by atoms with E-state index in [0.717, 1.165) is 21.8 Å². The van der Waals surface area contributed by atoms with Crippen LogP contribution in [0.25, 0.3) is 11.3 Å². The van der Waals surface area contributed by atoms with E-state index in [1.165, 1.54) is 11.3 Å². The first-order valence-corrected chi connectivity index (χ1v) is 7.16. The molecular formula is C14H16F2N2OS. The summed E-state index contributed by atoms with van der Waals surface area (Å²) in [7, 11) is 0. The molecule has 0 aliphatic heterocycles. The van der Waals surface area contributed by atoms with Crippen LogP contribution in [0, 0.1) is 0 Å². The van der Waals surface area contributed by atoms with Crippen molar-refractivity contribution >= 4 is 11.3 Å². The zero-order chi connectivity index (χ0) is 14.4. The zero-order valence-corrected chi connectivity index (χ0v) is 11.7. The summed E-state index contributed by atoms with van der Waals surface area (Å²) in [6.45, 7) is 0.270. The molecule has 0 unspecified atom stereocenters. The molecule has 6 heteroatoms. The predicted molar refractivity (Wildman–Crippen MR) is 76.0 cm³/mol. The third-order valence-electron chi connectivity index (χ3n) is 2.74. The monoisotopic (exact) mass is 298 g/mol. The minimum Gasteiger partial charge on any atom is -0.375 e. The second-order valence-corrected chi connectivity index (χ2v) is 5.19. The molecular weight excluding hydrogens is 282 g/mol. The van der Waals surface area contributed by atoms with Crippen molar-refractivity contribution in [2.75, 3.05) is 13.2 Å². The summed E-state index contributed by atoms with van der Waals surface area (Å²) in [4.78, 5) is 4.47. The fourth-order valence-corrected chi connectivity index (χ4v) is 2.49. The number of thiazole rings is 1.